The molecule has 4 nitrogen and oxygen atoms in total. The van der Waals surface area contributed by atoms with Gasteiger partial charge in [-0.3, -0.25) is 0 Å². The molecule has 0 unspecified atom stereocenters. The molecule has 0 aliphatic heterocycles. The zero-order chi connectivity index (χ0) is 13.0. The van der Waals surface area contributed by atoms with E-state index in [2.05, 4.69) is 10.3 Å². The number of thiazole rings is 1. The van der Waals surface area contributed by atoms with Gasteiger partial charge >= 0.3 is 5.97 Å². The van der Waals surface area contributed by atoms with Gasteiger partial charge in [-0.2, -0.15) is 0 Å². The molecular weight excluding hydrogens is 248 g/mol. The first-order valence-corrected chi connectivity index (χ1v) is 6.45. The van der Waals surface area contributed by atoms with E-state index in [1.165, 1.54) is 0 Å². The molecule has 5 heteroatoms. The van der Waals surface area contributed by atoms with Gasteiger partial charge in [0.25, 0.3) is 0 Å². The van der Waals surface area contributed by atoms with Crippen molar-refractivity contribution in [3.63, 3.8) is 0 Å². The predicted molar refractivity (Wildman–Crippen MR) is 72.1 cm³/mol. The molecule has 0 aliphatic rings. The van der Waals surface area contributed by atoms with E-state index in [9.17, 15) is 4.79 Å². The SMILES string of the molecule is CNCCc1ncc(-c2ccc(C(=O)O)cc2)s1. The molecule has 2 rings (SSSR count). The number of nitrogens with zero attached hydrogens (tertiary/aromatic N) is 1. The maximum atomic E-state index is 10.8. The molecule has 0 atom stereocenters. The van der Waals surface area contributed by atoms with Gasteiger partial charge in [-0.05, 0) is 24.7 Å². The Morgan fingerprint density at radius 2 is 2.11 bits per heavy atom. The lowest BCUT2D eigenvalue weighted by Crippen LogP contribution is -2.09. The minimum absolute atomic E-state index is 0.304. The van der Waals surface area contributed by atoms with Crippen LogP contribution in [0.5, 0.6) is 0 Å². The van der Waals surface area contributed by atoms with Crippen LogP contribution in [0.15, 0.2) is 30.5 Å². The summed E-state index contributed by atoms with van der Waals surface area (Å²) in [5.41, 5.74) is 1.31. The molecule has 0 saturated heterocycles. The van der Waals surface area contributed by atoms with Crippen LogP contribution >= 0.6 is 11.3 Å². The van der Waals surface area contributed by atoms with E-state index in [1.807, 2.05) is 25.4 Å². The van der Waals surface area contributed by atoms with E-state index in [1.54, 1.807) is 23.5 Å². The third-order valence-electron chi connectivity index (χ3n) is 2.56. The summed E-state index contributed by atoms with van der Waals surface area (Å²) in [6.45, 7) is 0.908. The Kier molecular flexibility index (Phi) is 4.07. The molecule has 0 fully saturated rings. The largest absolute Gasteiger partial charge is 0.478 e. The number of benzene rings is 1. The Balaban J connectivity index is 2.15. The predicted octanol–water partition coefficient (Wildman–Crippen LogP) is 2.27. The third-order valence-corrected chi connectivity index (χ3v) is 3.66. The van der Waals surface area contributed by atoms with Crippen molar-refractivity contribution in [3.8, 4) is 10.4 Å². The van der Waals surface area contributed by atoms with Crippen LogP contribution in [0, 0.1) is 0 Å². The van der Waals surface area contributed by atoms with E-state index >= 15 is 0 Å². The van der Waals surface area contributed by atoms with Crippen LogP contribution in [0.1, 0.15) is 15.4 Å². The summed E-state index contributed by atoms with van der Waals surface area (Å²) in [5, 5.41) is 13.0. The van der Waals surface area contributed by atoms with Crippen LogP contribution in [-0.2, 0) is 6.42 Å². The minimum atomic E-state index is -0.902. The van der Waals surface area contributed by atoms with Crippen molar-refractivity contribution >= 4 is 17.3 Å². The zero-order valence-electron chi connectivity index (χ0n) is 10.0. The van der Waals surface area contributed by atoms with Gasteiger partial charge in [-0.15, -0.1) is 11.3 Å². The minimum Gasteiger partial charge on any atom is -0.478 e. The number of carboxylic acid groups (broad SMARTS) is 1. The van der Waals surface area contributed by atoms with Gasteiger partial charge in [0.05, 0.1) is 15.4 Å². The van der Waals surface area contributed by atoms with E-state index in [4.69, 9.17) is 5.11 Å². The topological polar surface area (TPSA) is 62.2 Å². The average molecular weight is 262 g/mol. The number of hydrogen-bond donors (Lipinski definition) is 2. The number of aromatic nitrogens is 1. The van der Waals surface area contributed by atoms with Crippen LogP contribution in [0.3, 0.4) is 0 Å². The summed E-state index contributed by atoms with van der Waals surface area (Å²) in [6, 6.07) is 6.87. The molecular formula is C13H14N2O2S. The molecule has 2 N–H and O–H groups in total. The van der Waals surface area contributed by atoms with Crippen molar-refractivity contribution in [1.82, 2.24) is 10.3 Å². The fraction of sp³-hybridized carbons (Fsp3) is 0.231. The number of carbonyl (C=O) groups is 1. The third kappa shape index (κ3) is 2.94. The molecule has 18 heavy (non-hydrogen) atoms. The van der Waals surface area contributed by atoms with Crippen LogP contribution in [-0.4, -0.2) is 29.7 Å². The molecule has 0 bridgehead atoms. The highest BCUT2D eigenvalue weighted by atomic mass is 32.1. The fourth-order valence-corrected chi connectivity index (χ4v) is 2.49. The molecule has 0 radical (unpaired) electrons. The number of aromatic carboxylic acids is 1. The molecule has 1 aromatic carbocycles. The first-order valence-electron chi connectivity index (χ1n) is 5.63. The second-order valence-electron chi connectivity index (χ2n) is 3.85. The Morgan fingerprint density at radius 1 is 1.39 bits per heavy atom. The molecule has 1 heterocycles. The van der Waals surface area contributed by atoms with Crippen molar-refractivity contribution in [2.45, 2.75) is 6.42 Å². The number of rotatable bonds is 5. The van der Waals surface area contributed by atoms with E-state index < -0.39 is 5.97 Å². The Labute approximate surface area is 109 Å². The summed E-state index contributed by atoms with van der Waals surface area (Å²) in [7, 11) is 1.92. The van der Waals surface area contributed by atoms with Crippen LogP contribution < -0.4 is 5.32 Å². The second-order valence-corrected chi connectivity index (χ2v) is 4.97. The molecule has 0 amide bonds. The highest BCUT2D eigenvalue weighted by Gasteiger charge is 2.06. The highest BCUT2D eigenvalue weighted by Crippen LogP contribution is 2.26. The lowest BCUT2D eigenvalue weighted by atomic mass is 10.1. The molecule has 0 aliphatic carbocycles. The van der Waals surface area contributed by atoms with Crippen molar-refractivity contribution in [1.29, 1.82) is 0 Å². The van der Waals surface area contributed by atoms with Crippen LogP contribution in [0.4, 0.5) is 0 Å². The first-order chi connectivity index (χ1) is 8.70. The normalized spacial score (nSPS) is 10.5. The summed E-state index contributed by atoms with van der Waals surface area (Å²) in [5.74, 6) is -0.902. The number of likely N-dealkylation sites (N-methyl/N-ethyl adjacent to an activating group) is 1. The Morgan fingerprint density at radius 3 is 2.72 bits per heavy atom. The maximum Gasteiger partial charge on any atom is 0.335 e. The van der Waals surface area contributed by atoms with Crippen LogP contribution in [0.25, 0.3) is 10.4 Å². The monoisotopic (exact) mass is 262 g/mol. The van der Waals surface area contributed by atoms with Crippen molar-refractivity contribution < 1.29 is 9.90 Å². The van der Waals surface area contributed by atoms with Gasteiger partial charge < -0.3 is 10.4 Å². The van der Waals surface area contributed by atoms with Gasteiger partial charge in [0, 0.05) is 19.2 Å². The van der Waals surface area contributed by atoms with E-state index in [0.29, 0.717) is 5.56 Å². The van der Waals surface area contributed by atoms with Gasteiger partial charge in [0.15, 0.2) is 0 Å². The van der Waals surface area contributed by atoms with E-state index in [-0.39, 0.29) is 0 Å². The van der Waals surface area contributed by atoms with Gasteiger partial charge in [-0.1, -0.05) is 12.1 Å². The summed E-state index contributed by atoms with van der Waals surface area (Å²) >= 11 is 1.64. The number of carboxylic acids is 1. The van der Waals surface area contributed by atoms with E-state index in [0.717, 1.165) is 28.4 Å². The van der Waals surface area contributed by atoms with Crippen molar-refractivity contribution in [3.05, 3.63) is 41.0 Å². The molecule has 94 valence electrons. The summed E-state index contributed by atoms with van der Waals surface area (Å²) in [4.78, 5) is 16.2. The lowest BCUT2D eigenvalue weighted by molar-refractivity contribution is 0.0697. The standard InChI is InChI=1S/C13H14N2O2S/c1-14-7-6-12-15-8-11(18-12)9-2-4-10(5-3-9)13(16)17/h2-5,8,14H,6-7H2,1H3,(H,16,17). The molecule has 1 aromatic heterocycles. The molecule has 2 aromatic rings. The zero-order valence-corrected chi connectivity index (χ0v) is 10.8. The van der Waals surface area contributed by atoms with Gasteiger partial charge in [-0.25, -0.2) is 9.78 Å². The van der Waals surface area contributed by atoms with Gasteiger partial charge in [0.2, 0.25) is 0 Å². The first kappa shape index (κ1) is 12.7. The van der Waals surface area contributed by atoms with Crippen molar-refractivity contribution in [2.75, 3.05) is 13.6 Å². The smallest absolute Gasteiger partial charge is 0.335 e. The fourth-order valence-electron chi connectivity index (χ4n) is 1.57. The lowest BCUT2D eigenvalue weighted by Gasteiger charge is -1.98. The second kappa shape index (κ2) is 5.75. The Bertz CT molecular complexity index is 534. The maximum absolute atomic E-state index is 10.8. The molecule has 0 saturated carbocycles. The Hall–Kier alpha value is -1.72. The van der Waals surface area contributed by atoms with Crippen molar-refractivity contribution in [2.24, 2.45) is 0 Å². The molecule has 0 spiro atoms. The number of hydrogen-bond acceptors (Lipinski definition) is 4. The summed E-state index contributed by atoms with van der Waals surface area (Å²) < 4.78 is 0. The quantitative estimate of drug-likeness (QED) is 0.867. The van der Waals surface area contributed by atoms with Gasteiger partial charge in [0.1, 0.15) is 0 Å². The highest BCUT2D eigenvalue weighted by molar-refractivity contribution is 7.15. The van der Waals surface area contributed by atoms with Crippen LogP contribution in [0.2, 0.25) is 0 Å². The number of nitrogens with one attached hydrogen (secondary N) is 1. The average Bonchev–Trinajstić information content (AvgIpc) is 2.85. The summed E-state index contributed by atoms with van der Waals surface area (Å²) in [6.07, 6.45) is 2.75.